The van der Waals surface area contributed by atoms with E-state index < -0.39 is 5.60 Å². The molecular weight excluding hydrogens is 226 g/mol. The summed E-state index contributed by atoms with van der Waals surface area (Å²) in [4.78, 5) is 11.7. The Morgan fingerprint density at radius 3 is 2.33 bits per heavy atom. The second kappa shape index (κ2) is 7.24. The van der Waals surface area contributed by atoms with Gasteiger partial charge in [-0.15, -0.1) is 0 Å². The van der Waals surface area contributed by atoms with Crippen molar-refractivity contribution in [2.45, 2.75) is 59.6 Å². The summed E-state index contributed by atoms with van der Waals surface area (Å²) < 4.78 is 5.26. The second-order valence-corrected chi connectivity index (χ2v) is 6.00. The Balaban J connectivity index is 4.59. The third-order valence-electron chi connectivity index (χ3n) is 2.21. The van der Waals surface area contributed by atoms with E-state index in [1.54, 1.807) is 6.08 Å². The molecule has 0 aromatic rings. The van der Waals surface area contributed by atoms with Crippen LogP contribution in [0.4, 0.5) is 4.79 Å². The molecule has 0 radical (unpaired) electrons. The van der Waals surface area contributed by atoms with E-state index in [2.05, 4.69) is 25.7 Å². The number of alkyl carbamates (subject to hydrolysis) is 1. The topological polar surface area (TPSA) is 38.3 Å². The van der Waals surface area contributed by atoms with Gasteiger partial charge in [0.05, 0.1) is 6.04 Å². The van der Waals surface area contributed by atoms with Gasteiger partial charge in [-0.25, -0.2) is 4.79 Å². The Hall–Kier alpha value is -1.25. The average molecular weight is 253 g/mol. The number of hydrogen-bond donors (Lipinski definition) is 1. The molecule has 0 aliphatic rings. The van der Waals surface area contributed by atoms with E-state index in [4.69, 9.17) is 4.74 Å². The molecule has 0 saturated heterocycles. The van der Waals surface area contributed by atoms with Gasteiger partial charge in [-0.05, 0) is 40.0 Å². The number of ether oxygens (including phenoxy) is 1. The maximum absolute atomic E-state index is 11.7. The summed E-state index contributed by atoms with van der Waals surface area (Å²) in [7, 11) is 0. The van der Waals surface area contributed by atoms with Crippen molar-refractivity contribution in [1.29, 1.82) is 0 Å². The molecule has 3 heteroatoms. The van der Waals surface area contributed by atoms with E-state index in [0.29, 0.717) is 5.92 Å². The van der Waals surface area contributed by atoms with Crippen LogP contribution < -0.4 is 5.32 Å². The van der Waals surface area contributed by atoms with Gasteiger partial charge in [0.25, 0.3) is 0 Å². The highest BCUT2D eigenvalue weighted by molar-refractivity contribution is 5.68. The first-order valence-electron chi connectivity index (χ1n) is 6.44. The minimum absolute atomic E-state index is 0.0159. The van der Waals surface area contributed by atoms with Gasteiger partial charge < -0.3 is 10.1 Å². The molecule has 0 heterocycles. The number of allylic oxidation sites excluding steroid dienone is 2. The molecule has 1 N–H and O–H groups in total. The highest BCUT2D eigenvalue weighted by Gasteiger charge is 2.19. The van der Waals surface area contributed by atoms with E-state index in [1.165, 1.54) is 0 Å². The zero-order valence-electron chi connectivity index (χ0n) is 12.5. The van der Waals surface area contributed by atoms with Crippen LogP contribution in [0.2, 0.25) is 0 Å². The van der Waals surface area contributed by atoms with E-state index in [1.807, 2.05) is 33.8 Å². The lowest BCUT2D eigenvalue weighted by molar-refractivity contribution is 0.0510. The Kier molecular flexibility index (Phi) is 6.74. The van der Waals surface area contributed by atoms with Gasteiger partial charge in [-0.3, -0.25) is 0 Å². The lowest BCUT2D eigenvalue weighted by atomic mass is 10.0. The largest absolute Gasteiger partial charge is 0.444 e. The van der Waals surface area contributed by atoms with Gasteiger partial charge in [-0.1, -0.05) is 38.2 Å². The van der Waals surface area contributed by atoms with Crippen molar-refractivity contribution < 1.29 is 9.53 Å². The van der Waals surface area contributed by atoms with Crippen molar-refractivity contribution in [2.24, 2.45) is 5.92 Å². The summed E-state index contributed by atoms with van der Waals surface area (Å²) in [6.07, 6.45) is 4.30. The van der Waals surface area contributed by atoms with E-state index in [9.17, 15) is 4.79 Å². The molecule has 0 fully saturated rings. The van der Waals surface area contributed by atoms with E-state index in [-0.39, 0.29) is 12.1 Å². The summed E-state index contributed by atoms with van der Waals surface area (Å²) in [6, 6.07) is -0.0159. The van der Waals surface area contributed by atoms with Gasteiger partial charge in [0, 0.05) is 0 Å². The molecule has 0 saturated carbocycles. The smallest absolute Gasteiger partial charge is 0.408 e. The van der Waals surface area contributed by atoms with Crippen LogP contribution in [0.1, 0.15) is 48.0 Å². The molecule has 0 aromatic heterocycles. The monoisotopic (exact) mass is 253 g/mol. The lowest BCUT2D eigenvalue weighted by Crippen LogP contribution is -2.39. The van der Waals surface area contributed by atoms with Gasteiger partial charge >= 0.3 is 6.09 Å². The summed E-state index contributed by atoms with van der Waals surface area (Å²) >= 11 is 0. The molecule has 1 atom stereocenters. The van der Waals surface area contributed by atoms with Crippen molar-refractivity contribution in [3.05, 3.63) is 24.3 Å². The molecule has 18 heavy (non-hydrogen) atoms. The van der Waals surface area contributed by atoms with Crippen molar-refractivity contribution in [3.63, 3.8) is 0 Å². The fourth-order valence-electron chi connectivity index (χ4n) is 1.52. The predicted octanol–water partition coefficient (Wildman–Crippen LogP) is 4.06. The Bertz CT molecular complexity index is 311. The SMILES string of the molecule is C=C/C(C)=C/C(CC(C)C)NC(=O)OC(C)(C)C. The minimum Gasteiger partial charge on any atom is -0.444 e. The fourth-order valence-corrected chi connectivity index (χ4v) is 1.52. The minimum atomic E-state index is -0.469. The normalized spacial score (nSPS) is 14.3. The number of rotatable bonds is 5. The van der Waals surface area contributed by atoms with Gasteiger partial charge in [0.2, 0.25) is 0 Å². The van der Waals surface area contributed by atoms with Crippen LogP contribution in [0.25, 0.3) is 0 Å². The zero-order chi connectivity index (χ0) is 14.3. The highest BCUT2D eigenvalue weighted by atomic mass is 16.6. The fraction of sp³-hybridized carbons (Fsp3) is 0.667. The molecular formula is C15H27NO2. The van der Waals surface area contributed by atoms with E-state index >= 15 is 0 Å². The molecule has 0 aromatic carbocycles. The van der Waals surface area contributed by atoms with Crippen molar-refractivity contribution in [3.8, 4) is 0 Å². The molecule has 0 aliphatic carbocycles. The molecule has 3 nitrogen and oxygen atoms in total. The second-order valence-electron chi connectivity index (χ2n) is 6.00. The molecule has 1 unspecified atom stereocenters. The van der Waals surface area contributed by atoms with Crippen LogP contribution in [-0.2, 0) is 4.74 Å². The number of carbonyl (C=O) groups excluding carboxylic acids is 1. The van der Waals surface area contributed by atoms with Crippen LogP contribution in [0.15, 0.2) is 24.3 Å². The Morgan fingerprint density at radius 1 is 1.39 bits per heavy atom. The van der Waals surface area contributed by atoms with Gasteiger partial charge in [-0.2, -0.15) is 0 Å². The lowest BCUT2D eigenvalue weighted by Gasteiger charge is -2.23. The van der Waals surface area contributed by atoms with Crippen molar-refractivity contribution in [1.82, 2.24) is 5.32 Å². The molecule has 0 bridgehead atoms. The van der Waals surface area contributed by atoms with Crippen LogP contribution >= 0.6 is 0 Å². The average Bonchev–Trinajstić information content (AvgIpc) is 2.12. The molecule has 104 valence electrons. The first-order valence-corrected chi connectivity index (χ1v) is 6.44. The summed E-state index contributed by atoms with van der Waals surface area (Å²) in [5.41, 5.74) is 0.584. The number of carbonyl (C=O) groups is 1. The van der Waals surface area contributed by atoms with Crippen LogP contribution in [-0.4, -0.2) is 17.7 Å². The quantitative estimate of drug-likeness (QED) is 0.750. The predicted molar refractivity (Wildman–Crippen MR) is 76.6 cm³/mol. The summed E-state index contributed by atoms with van der Waals surface area (Å²) in [5.74, 6) is 0.499. The van der Waals surface area contributed by atoms with Gasteiger partial charge in [0.1, 0.15) is 5.60 Å². The van der Waals surface area contributed by atoms with Crippen LogP contribution in [0.5, 0.6) is 0 Å². The highest BCUT2D eigenvalue weighted by Crippen LogP contribution is 2.11. The van der Waals surface area contributed by atoms with Crippen LogP contribution in [0, 0.1) is 5.92 Å². The first-order chi connectivity index (χ1) is 8.14. The summed E-state index contributed by atoms with van der Waals surface area (Å²) in [6.45, 7) is 15.5. The Labute approximate surface area is 111 Å². The number of nitrogens with one attached hydrogen (secondary N) is 1. The molecule has 0 aliphatic heterocycles. The molecule has 1 amide bonds. The zero-order valence-corrected chi connectivity index (χ0v) is 12.5. The number of amides is 1. The summed E-state index contributed by atoms with van der Waals surface area (Å²) in [5, 5.41) is 2.88. The molecule has 0 rings (SSSR count). The maximum atomic E-state index is 11.7. The maximum Gasteiger partial charge on any atom is 0.408 e. The van der Waals surface area contributed by atoms with E-state index in [0.717, 1.165) is 12.0 Å². The van der Waals surface area contributed by atoms with Crippen molar-refractivity contribution >= 4 is 6.09 Å². The first kappa shape index (κ1) is 16.8. The third kappa shape index (κ3) is 8.85. The molecule has 0 spiro atoms. The Morgan fingerprint density at radius 2 is 1.94 bits per heavy atom. The third-order valence-corrected chi connectivity index (χ3v) is 2.21. The standard InChI is InChI=1S/C15H27NO2/c1-8-12(4)10-13(9-11(2)3)16-14(17)18-15(5,6)7/h8,10-11,13H,1,9H2,2-7H3,(H,16,17)/b12-10+. The number of hydrogen-bond acceptors (Lipinski definition) is 2. The van der Waals surface area contributed by atoms with Gasteiger partial charge in [0.15, 0.2) is 0 Å². The van der Waals surface area contributed by atoms with Crippen molar-refractivity contribution in [2.75, 3.05) is 0 Å². The van der Waals surface area contributed by atoms with Crippen LogP contribution in [0.3, 0.4) is 0 Å².